The second kappa shape index (κ2) is 4.04. The highest BCUT2D eigenvalue weighted by Gasteiger charge is 2.29. The van der Waals surface area contributed by atoms with Gasteiger partial charge in [-0.15, -0.1) is 0 Å². The Morgan fingerprint density at radius 2 is 2.29 bits per heavy atom. The molecule has 0 radical (unpaired) electrons. The number of hydrogen-bond donors (Lipinski definition) is 1. The Labute approximate surface area is 100 Å². The molecule has 2 aromatic rings. The van der Waals surface area contributed by atoms with E-state index >= 15 is 0 Å². The van der Waals surface area contributed by atoms with Gasteiger partial charge in [-0.2, -0.15) is 0 Å². The van der Waals surface area contributed by atoms with Crippen LogP contribution in [0.5, 0.6) is 0 Å². The number of methoxy groups -OCH3 is 1. The predicted octanol–water partition coefficient (Wildman–Crippen LogP) is 2.14. The summed E-state index contributed by atoms with van der Waals surface area (Å²) in [6, 6.07) is 5.94. The van der Waals surface area contributed by atoms with Crippen LogP contribution in [-0.4, -0.2) is 23.3 Å². The van der Waals surface area contributed by atoms with Gasteiger partial charge in [0.15, 0.2) is 0 Å². The molecule has 0 bridgehead atoms. The lowest BCUT2D eigenvalue weighted by molar-refractivity contribution is 0.187. The standard InChI is InChI=1S/C13H17N3O/c1-17-7-6-16-12-5-4-10(14)8-11(12)15-13(16)9-2-3-9/h4-5,8-9H,2-3,6-7,14H2,1H3. The van der Waals surface area contributed by atoms with Crippen molar-refractivity contribution in [1.82, 2.24) is 9.55 Å². The van der Waals surface area contributed by atoms with E-state index in [0.717, 1.165) is 29.9 Å². The molecule has 0 aliphatic heterocycles. The molecule has 1 heterocycles. The van der Waals surface area contributed by atoms with Crippen LogP contribution in [0.1, 0.15) is 24.6 Å². The van der Waals surface area contributed by atoms with Crippen molar-refractivity contribution in [2.24, 2.45) is 0 Å². The summed E-state index contributed by atoms with van der Waals surface area (Å²) in [4.78, 5) is 4.72. The number of rotatable bonds is 4. The van der Waals surface area contributed by atoms with E-state index in [0.29, 0.717) is 5.92 Å². The van der Waals surface area contributed by atoms with Gasteiger partial charge >= 0.3 is 0 Å². The number of nitrogens with two attached hydrogens (primary N) is 1. The van der Waals surface area contributed by atoms with Crippen molar-refractivity contribution in [2.75, 3.05) is 19.5 Å². The molecule has 1 aliphatic rings. The van der Waals surface area contributed by atoms with Crippen molar-refractivity contribution < 1.29 is 4.74 Å². The molecule has 1 aromatic heterocycles. The lowest BCUT2D eigenvalue weighted by atomic mass is 10.3. The fourth-order valence-corrected chi connectivity index (χ4v) is 2.24. The Balaban J connectivity index is 2.09. The Morgan fingerprint density at radius 1 is 1.47 bits per heavy atom. The van der Waals surface area contributed by atoms with Crippen LogP contribution in [0.2, 0.25) is 0 Å². The number of fused-ring (bicyclic) bond motifs is 1. The number of benzene rings is 1. The molecule has 1 aliphatic carbocycles. The molecule has 0 amide bonds. The number of anilines is 1. The number of nitrogens with zero attached hydrogens (tertiary/aromatic N) is 2. The predicted molar refractivity (Wildman–Crippen MR) is 68.0 cm³/mol. The van der Waals surface area contributed by atoms with Crippen molar-refractivity contribution in [2.45, 2.75) is 25.3 Å². The molecular formula is C13H17N3O. The summed E-state index contributed by atoms with van der Waals surface area (Å²) in [7, 11) is 1.73. The van der Waals surface area contributed by atoms with Gasteiger partial charge in [-0.05, 0) is 31.0 Å². The minimum absolute atomic E-state index is 0.639. The third kappa shape index (κ3) is 1.89. The van der Waals surface area contributed by atoms with Gasteiger partial charge in [0.2, 0.25) is 0 Å². The van der Waals surface area contributed by atoms with Crippen LogP contribution < -0.4 is 5.73 Å². The molecule has 1 aromatic carbocycles. The van der Waals surface area contributed by atoms with Gasteiger partial charge in [-0.25, -0.2) is 4.98 Å². The summed E-state index contributed by atoms with van der Waals surface area (Å²) in [5, 5.41) is 0. The van der Waals surface area contributed by atoms with Crippen molar-refractivity contribution >= 4 is 16.7 Å². The second-order valence-corrected chi connectivity index (χ2v) is 4.64. The fraction of sp³-hybridized carbons (Fsp3) is 0.462. The number of nitrogen functional groups attached to an aromatic ring is 1. The minimum Gasteiger partial charge on any atom is -0.399 e. The third-order valence-corrected chi connectivity index (χ3v) is 3.26. The minimum atomic E-state index is 0.639. The monoisotopic (exact) mass is 231 g/mol. The van der Waals surface area contributed by atoms with Crippen LogP contribution in [0.15, 0.2) is 18.2 Å². The van der Waals surface area contributed by atoms with Crippen molar-refractivity contribution in [1.29, 1.82) is 0 Å². The summed E-state index contributed by atoms with van der Waals surface area (Å²) in [6.45, 7) is 1.58. The smallest absolute Gasteiger partial charge is 0.113 e. The summed E-state index contributed by atoms with van der Waals surface area (Å²) in [5.74, 6) is 1.84. The third-order valence-electron chi connectivity index (χ3n) is 3.26. The lowest BCUT2D eigenvalue weighted by Crippen LogP contribution is -2.07. The molecule has 0 atom stereocenters. The van der Waals surface area contributed by atoms with Crippen LogP contribution in [-0.2, 0) is 11.3 Å². The normalized spacial score (nSPS) is 15.6. The van der Waals surface area contributed by atoms with Crippen LogP contribution in [0.4, 0.5) is 5.69 Å². The van der Waals surface area contributed by atoms with E-state index in [-0.39, 0.29) is 0 Å². The van der Waals surface area contributed by atoms with Gasteiger partial charge in [0.1, 0.15) is 5.82 Å². The molecule has 4 nitrogen and oxygen atoms in total. The second-order valence-electron chi connectivity index (χ2n) is 4.64. The lowest BCUT2D eigenvalue weighted by Gasteiger charge is -2.07. The molecular weight excluding hydrogens is 214 g/mol. The van der Waals surface area contributed by atoms with Crippen molar-refractivity contribution in [3.8, 4) is 0 Å². The average molecular weight is 231 g/mol. The van der Waals surface area contributed by atoms with Gasteiger partial charge in [0.05, 0.1) is 17.6 Å². The van der Waals surface area contributed by atoms with E-state index < -0.39 is 0 Å². The van der Waals surface area contributed by atoms with E-state index in [4.69, 9.17) is 15.5 Å². The molecule has 0 spiro atoms. The number of imidazole rings is 1. The molecule has 1 fully saturated rings. The van der Waals surface area contributed by atoms with Crippen LogP contribution >= 0.6 is 0 Å². The number of ether oxygens (including phenoxy) is 1. The zero-order valence-corrected chi connectivity index (χ0v) is 10.0. The zero-order valence-electron chi connectivity index (χ0n) is 10.0. The molecule has 17 heavy (non-hydrogen) atoms. The number of hydrogen-bond acceptors (Lipinski definition) is 3. The van der Waals surface area contributed by atoms with E-state index in [2.05, 4.69) is 10.6 Å². The quantitative estimate of drug-likeness (QED) is 0.820. The summed E-state index contributed by atoms with van der Waals surface area (Å²) in [5.41, 5.74) is 8.74. The average Bonchev–Trinajstić information content (AvgIpc) is 3.09. The first-order valence-corrected chi connectivity index (χ1v) is 6.04. The van der Waals surface area contributed by atoms with E-state index in [9.17, 15) is 0 Å². The molecule has 2 N–H and O–H groups in total. The van der Waals surface area contributed by atoms with E-state index in [1.54, 1.807) is 7.11 Å². The van der Waals surface area contributed by atoms with Crippen LogP contribution in [0.25, 0.3) is 11.0 Å². The summed E-state index contributed by atoms with van der Waals surface area (Å²) in [6.07, 6.45) is 2.51. The molecule has 4 heteroatoms. The molecule has 0 saturated heterocycles. The van der Waals surface area contributed by atoms with Crippen molar-refractivity contribution in [3.05, 3.63) is 24.0 Å². The van der Waals surface area contributed by atoms with Crippen LogP contribution in [0.3, 0.4) is 0 Å². The fourth-order valence-electron chi connectivity index (χ4n) is 2.24. The van der Waals surface area contributed by atoms with Gasteiger partial charge in [-0.1, -0.05) is 0 Å². The molecule has 1 saturated carbocycles. The maximum Gasteiger partial charge on any atom is 0.113 e. The Hall–Kier alpha value is -1.55. The maximum atomic E-state index is 5.80. The largest absolute Gasteiger partial charge is 0.399 e. The van der Waals surface area contributed by atoms with Gasteiger partial charge in [0, 0.05) is 25.3 Å². The topological polar surface area (TPSA) is 53.1 Å². The zero-order chi connectivity index (χ0) is 11.8. The molecule has 3 rings (SSSR count). The van der Waals surface area contributed by atoms with Gasteiger partial charge < -0.3 is 15.0 Å². The molecule has 90 valence electrons. The van der Waals surface area contributed by atoms with E-state index in [1.165, 1.54) is 18.7 Å². The maximum absolute atomic E-state index is 5.80. The highest BCUT2D eigenvalue weighted by atomic mass is 16.5. The van der Waals surface area contributed by atoms with Crippen molar-refractivity contribution in [3.63, 3.8) is 0 Å². The highest BCUT2D eigenvalue weighted by Crippen LogP contribution is 2.40. The first-order chi connectivity index (χ1) is 8.29. The number of aromatic nitrogens is 2. The van der Waals surface area contributed by atoms with Crippen LogP contribution in [0, 0.1) is 0 Å². The Bertz CT molecular complexity index is 543. The SMILES string of the molecule is COCCn1c(C2CC2)nc2cc(N)ccc21. The van der Waals surface area contributed by atoms with Gasteiger partial charge in [-0.3, -0.25) is 0 Å². The first kappa shape index (κ1) is 10.6. The van der Waals surface area contributed by atoms with E-state index in [1.807, 2.05) is 12.1 Å². The first-order valence-electron chi connectivity index (χ1n) is 6.04. The molecule has 0 unspecified atom stereocenters. The highest BCUT2D eigenvalue weighted by molar-refractivity contribution is 5.79. The Morgan fingerprint density at radius 3 is 3.00 bits per heavy atom. The summed E-state index contributed by atoms with van der Waals surface area (Å²) >= 11 is 0. The Kier molecular flexibility index (Phi) is 2.52. The van der Waals surface area contributed by atoms with Gasteiger partial charge in [0.25, 0.3) is 0 Å². The summed E-state index contributed by atoms with van der Waals surface area (Å²) < 4.78 is 7.44.